The summed E-state index contributed by atoms with van der Waals surface area (Å²) in [6.07, 6.45) is 7.31. The number of hydrogen-bond donors (Lipinski definition) is 0. The predicted molar refractivity (Wildman–Crippen MR) is 95.4 cm³/mol. The highest BCUT2D eigenvalue weighted by Crippen LogP contribution is 2.31. The Labute approximate surface area is 136 Å². The third-order valence-electron chi connectivity index (χ3n) is 4.66. The number of pyridine rings is 1. The second-order valence-corrected chi connectivity index (χ2v) is 7.09. The van der Waals surface area contributed by atoms with Crippen LogP contribution in [0.25, 0.3) is 0 Å². The van der Waals surface area contributed by atoms with Gasteiger partial charge in [0, 0.05) is 24.3 Å². The van der Waals surface area contributed by atoms with Crippen molar-refractivity contribution in [1.82, 2.24) is 9.88 Å². The highest BCUT2D eigenvalue weighted by molar-refractivity contribution is 5.41. The molecular weight excluding hydrogens is 270 g/mol. The summed E-state index contributed by atoms with van der Waals surface area (Å²) in [6, 6.07) is 6.04. The number of hydrogen-bond acceptors (Lipinski definition) is 3. The maximum atomic E-state index is 4.79. The Balaban J connectivity index is 2.16. The molecule has 1 fully saturated rings. The van der Waals surface area contributed by atoms with Crippen molar-refractivity contribution < 1.29 is 0 Å². The van der Waals surface area contributed by atoms with E-state index in [-0.39, 0.29) is 0 Å². The van der Waals surface area contributed by atoms with Crippen molar-refractivity contribution >= 4 is 5.82 Å². The van der Waals surface area contributed by atoms with Crippen LogP contribution in [0.4, 0.5) is 5.82 Å². The minimum absolute atomic E-state index is 0.477. The molecule has 1 aliphatic rings. The van der Waals surface area contributed by atoms with Crippen LogP contribution in [0.15, 0.2) is 18.3 Å². The van der Waals surface area contributed by atoms with Gasteiger partial charge in [0.25, 0.3) is 0 Å². The third-order valence-corrected chi connectivity index (χ3v) is 4.66. The molecule has 3 heteroatoms. The van der Waals surface area contributed by atoms with Crippen molar-refractivity contribution in [3.8, 4) is 0 Å². The molecule has 2 rings (SSSR count). The van der Waals surface area contributed by atoms with Crippen molar-refractivity contribution in [1.29, 1.82) is 0 Å². The maximum absolute atomic E-state index is 4.79. The average Bonchev–Trinajstić information content (AvgIpc) is 2.48. The summed E-state index contributed by atoms with van der Waals surface area (Å²) in [5.74, 6) is 1.10. The normalized spacial score (nSPS) is 19.9. The number of piperidine rings is 1. The van der Waals surface area contributed by atoms with E-state index >= 15 is 0 Å². The summed E-state index contributed by atoms with van der Waals surface area (Å²) in [5, 5.41) is 0. The highest BCUT2D eigenvalue weighted by atomic mass is 15.2. The van der Waals surface area contributed by atoms with Gasteiger partial charge in [0.1, 0.15) is 5.82 Å². The van der Waals surface area contributed by atoms with Gasteiger partial charge in [-0.3, -0.25) is 4.90 Å². The summed E-state index contributed by atoms with van der Waals surface area (Å²) >= 11 is 0. The van der Waals surface area contributed by atoms with E-state index in [0.29, 0.717) is 18.1 Å². The van der Waals surface area contributed by atoms with E-state index < -0.39 is 0 Å². The van der Waals surface area contributed by atoms with Gasteiger partial charge in [-0.25, -0.2) is 4.98 Å². The van der Waals surface area contributed by atoms with E-state index in [1.165, 1.54) is 44.3 Å². The van der Waals surface area contributed by atoms with Crippen molar-refractivity contribution in [3.63, 3.8) is 0 Å². The summed E-state index contributed by atoms with van der Waals surface area (Å²) in [7, 11) is 0. The zero-order valence-corrected chi connectivity index (χ0v) is 15.0. The Kier molecular flexibility index (Phi) is 6.25. The standard InChI is InChI=1S/C19H33N3/c1-6-12-21-13-8-7-9-18(21)17-10-11-19(20-14-17)22(15(2)3)16(4)5/h10-11,14-16,18H,6-9,12-13H2,1-5H3. The Bertz CT molecular complexity index is 428. The summed E-state index contributed by atoms with van der Waals surface area (Å²) < 4.78 is 0. The first kappa shape index (κ1) is 17.3. The molecule has 3 nitrogen and oxygen atoms in total. The number of aromatic nitrogens is 1. The van der Waals surface area contributed by atoms with E-state index in [0.717, 1.165) is 5.82 Å². The van der Waals surface area contributed by atoms with Crippen LogP contribution in [-0.4, -0.2) is 35.1 Å². The van der Waals surface area contributed by atoms with Crippen molar-refractivity contribution in [2.24, 2.45) is 0 Å². The Morgan fingerprint density at radius 1 is 1.18 bits per heavy atom. The molecule has 1 aromatic rings. The molecule has 2 heterocycles. The van der Waals surface area contributed by atoms with Gasteiger partial charge in [0.15, 0.2) is 0 Å². The second-order valence-electron chi connectivity index (χ2n) is 7.09. The summed E-state index contributed by atoms with van der Waals surface area (Å²) in [5.41, 5.74) is 1.39. The molecule has 0 radical (unpaired) electrons. The minimum Gasteiger partial charge on any atom is -0.352 e. The number of nitrogens with zero attached hydrogens (tertiary/aromatic N) is 3. The summed E-state index contributed by atoms with van der Waals surface area (Å²) in [6.45, 7) is 13.7. The maximum Gasteiger partial charge on any atom is 0.128 e. The molecule has 22 heavy (non-hydrogen) atoms. The average molecular weight is 303 g/mol. The van der Waals surface area contributed by atoms with Gasteiger partial charge in [-0.05, 0) is 71.7 Å². The first-order valence-electron chi connectivity index (χ1n) is 9.03. The number of likely N-dealkylation sites (tertiary alicyclic amines) is 1. The largest absolute Gasteiger partial charge is 0.352 e. The van der Waals surface area contributed by atoms with Crippen LogP contribution in [0.1, 0.15) is 71.9 Å². The molecular formula is C19H33N3. The lowest BCUT2D eigenvalue weighted by atomic mass is 9.96. The lowest BCUT2D eigenvalue weighted by Crippen LogP contribution is -2.37. The van der Waals surface area contributed by atoms with Crippen LogP contribution in [0.2, 0.25) is 0 Å². The topological polar surface area (TPSA) is 19.4 Å². The van der Waals surface area contributed by atoms with Crippen LogP contribution in [0.3, 0.4) is 0 Å². The fraction of sp³-hybridized carbons (Fsp3) is 0.737. The van der Waals surface area contributed by atoms with Crippen molar-refractivity contribution in [2.75, 3.05) is 18.0 Å². The fourth-order valence-corrected chi connectivity index (χ4v) is 3.80. The molecule has 124 valence electrons. The molecule has 0 N–H and O–H groups in total. The molecule has 0 aromatic carbocycles. The van der Waals surface area contributed by atoms with Crippen LogP contribution < -0.4 is 4.90 Å². The van der Waals surface area contributed by atoms with Gasteiger partial charge in [0.05, 0.1) is 0 Å². The van der Waals surface area contributed by atoms with Gasteiger partial charge in [-0.2, -0.15) is 0 Å². The fourth-order valence-electron chi connectivity index (χ4n) is 3.80. The van der Waals surface area contributed by atoms with Gasteiger partial charge >= 0.3 is 0 Å². The zero-order chi connectivity index (χ0) is 16.1. The summed E-state index contributed by atoms with van der Waals surface area (Å²) in [4.78, 5) is 9.82. The Hall–Kier alpha value is -1.09. The molecule has 0 bridgehead atoms. The lowest BCUT2D eigenvalue weighted by Gasteiger charge is -2.36. The van der Waals surface area contributed by atoms with E-state index in [1.807, 2.05) is 0 Å². The predicted octanol–water partition coefficient (Wildman–Crippen LogP) is 4.64. The molecule has 0 spiro atoms. The molecule has 1 aromatic heterocycles. The highest BCUT2D eigenvalue weighted by Gasteiger charge is 2.24. The van der Waals surface area contributed by atoms with E-state index in [4.69, 9.17) is 4.98 Å². The van der Waals surface area contributed by atoms with E-state index in [9.17, 15) is 0 Å². The van der Waals surface area contributed by atoms with Crippen LogP contribution in [0.5, 0.6) is 0 Å². The van der Waals surface area contributed by atoms with Crippen LogP contribution >= 0.6 is 0 Å². The van der Waals surface area contributed by atoms with Gasteiger partial charge in [-0.1, -0.05) is 19.4 Å². The zero-order valence-electron chi connectivity index (χ0n) is 15.0. The molecule has 1 atom stereocenters. The van der Waals surface area contributed by atoms with Gasteiger partial charge < -0.3 is 4.90 Å². The van der Waals surface area contributed by atoms with Crippen LogP contribution in [-0.2, 0) is 0 Å². The Morgan fingerprint density at radius 2 is 1.91 bits per heavy atom. The molecule has 1 aliphatic heterocycles. The quantitative estimate of drug-likeness (QED) is 0.763. The number of anilines is 1. The third kappa shape index (κ3) is 4.01. The van der Waals surface area contributed by atoms with Crippen molar-refractivity contribution in [3.05, 3.63) is 23.9 Å². The Morgan fingerprint density at radius 3 is 2.45 bits per heavy atom. The molecule has 1 unspecified atom stereocenters. The first-order chi connectivity index (χ1) is 10.5. The minimum atomic E-state index is 0.477. The SMILES string of the molecule is CCCN1CCCCC1c1ccc(N(C(C)C)C(C)C)nc1. The van der Waals surface area contributed by atoms with Gasteiger partial charge in [-0.15, -0.1) is 0 Å². The molecule has 0 amide bonds. The van der Waals surface area contributed by atoms with Gasteiger partial charge in [0.2, 0.25) is 0 Å². The van der Waals surface area contributed by atoms with Crippen molar-refractivity contribution in [2.45, 2.75) is 78.4 Å². The number of rotatable bonds is 6. The molecule has 0 saturated carbocycles. The van der Waals surface area contributed by atoms with E-state index in [1.54, 1.807) is 0 Å². The molecule has 1 saturated heterocycles. The smallest absolute Gasteiger partial charge is 0.128 e. The first-order valence-corrected chi connectivity index (χ1v) is 9.03. The monoisotopic (exact) mass is 303 g/mol. The van der Waals surface area contributed by atoms with Crippen LogP contribution in [0, 0.1) is 0 Å². The van der Waals surface area contributed by atoms with E-state index in [2.05, 4.69) is 62.7 Å². The lowest BCUT2D eigenvalue weighted by molar-refractivity contribution is 0.149. The second kappa shape index (κ2) is 7.96. The molecule has 0 aliphatic carbocycles.